The van der Waals surface area contributed by atoms with Crippen LogP contribution in [0.25, 0.3) is 0 Å². The summed E-state index contributed by atoms with van der Waals surface area (Å²) >= 11 is 2.21. The molecule has 5 heteroatoms. The predicted octanol–water partition coefficient (Wildman–Crippen LogP) is -1.28. The monoisotopic (exact) mass is 186 g/mol. The van der Waals surface area contributed by atoms with E-state index in [1.165, 1.54) is 0 Å². The van der Waals surface area contributed by atoms with Crippen LogP contribution in [0.15, 0.2) is 0 Å². The number of halogens is 1. The Bertz CT molecular complexity index is 66.3. The van der Waals surface area contributed by atoms with Crippen LogP contribution in [0, 0.1) is 0 Å². The third-order valence-electron chi connectivity index (χ3n) is 0.603. The Hall–Kier alpha value is 0.320. The zero-order valence-corrected chi connectivity index (χ0v) is 5.75. The van der Waals surface area contributed by atoms with Gasteiger partial charge in [-0.25, -0.2) is 0 Å². The second-order valence-corrected chi connectivity index (χ2v) is 2.71. The van der Waals surface area contributed by atoms with Crippen LogP contribution in [0.3, 0.4) is 0 Å². The smallest absolute Gasteiger partial charge is 0.277 e. The largest absolute Gasteiger partial charge is 0.361 e. The molecule has 0 rings (SSSR count). The van der Waals surface area contributed by atoms with Gasteiger partial charge < -0.3 is 20.4 Å². The van der Waals surface area contributed by atoms with Gasteiger partial charge in [0.1, 0.15) is 0 Å². The molecule has 0 saturated heterocycles. The summed E-state index contributed by atoms with van der Waals surface area (Å²) in [7, 11) is 0. The molecule has 0 aliphatic heterocycles. The lowest BCUT2D eigenvalue weighted by atomic mass is 10.3. The highest BCUT2D eigenvalue weighted by Gasteiger charge is 2.40. The van der Waals surface area contributed by atoms with E-state index < -0.39 is 10.5 Å². The van der Waals surface area contributed by atoms with Crippen molar-refractivity contribution in [1.29, 1.82) is 0 Å². The minimum Gasteiger partial charge on any atom is -0.361 e. The second kappa shape index (κ2) is 1.93. The summed E-state index contributed by atoms with van der Waals surface area (Å²) in [4.78, 5) is 0. The van der Waals surface area contributed by atoms with Gasteiger partial charge in [0.25, 0.3) is 4.70 Å². The number of hydrogen-bond donors (Lipinski definition) is 4. The highest BCUT2D eigenvalue weighted by atomic mass is 79.9. The van der Waals surface area contributed by atoms with Gasteiger partial charge >= 0.3 is 0 Å². The van der Waals surface area contributed by atoms with E-state index in [1.807, 2.05) is 0 Å². The van der Waals surface area contributed by atoms with Crippen molar-refractivity contribution in [2.24, 2.45) is 0 Å². The molecule has 0 aromatic heterocycles. The van der Waals surface area contributed by atoms with E-state index in [0.717, 1.165) is 6.92 Å². The van der Waals surface area contributed by atoms with Crippen LogP contribution in [-0.4, -0.2) is 30.9 Å². The molecule has 0 saturated carbocycles. The zero-order chi connectivity index (χ0) is 7.00. The maximum atomic E-state index is 8.36. The van der Waals surface area contributed by atoms with Crippen LogP contribution in [0.2, 0.25) is 0 Å². The average Bonchev–Trinajstić information content (AvgIpc) is 1.25. The number of rotatable bonds is 1. The number of aliphatic hydroxyl groups is 4. The SMILES string of the molecule is CC(O)(O)C(O)(O)Br. The first kappa shape index (κ1) is 8.32. The van der Waals surface area contributed by atoms with Crippen molar-refractivity contribution in [3.63, 3.8) is 0 Å². The van der Waals surface area contributed by atoms with Gasteiger partial charge in [0.15, 0.2) is 0 Å². The molecule has 0 amide bonds. The van der Waals surface area contributed by atoms with Gasteiger partial charge in [-0.15, -0.1) is 0 Å². The molecule has 0 bridgehead atoms. The van der Waals surface area contributed by atoms with Gasteiger partial charge in [-0.3, -0.25) is 0 Å². The van der Waals surface area contributed by atoms with Gasteiger partial charge in [-0.2, -0.15) is 0 Å². The summed E-state index contributed by atoms with van der Waals surface area (Å²) in [6.07, 6.45) is 0. The lowest BCUT2D eigenvalue weighted by Gasteiger charge is -2.25. The fraction of sp³-hybridized carbons (Fsp3) is 1.00. The highest BCUT2D eigenvalue weighted by Crippen LogP contribution is 2.21. The maximum absolute atomic E-state index is 8.36. The highest BCUT2D eigenvalue weighted by molar-refractivity contribution is 9.10. The summed E-state index contributed by atoms with van der Waals surface area (Å²) in [5.74, 6) is -2.53. The molecule has 0 atom stereocenters. The molecule has 0 aliphatic rings. The Morgan fingerprint density at radius 2 is 1.25 bits per heavy atom. The standard InChI is InChI=1S/C3H7BrO4/c1-2(5,6)3(4,7)8/h5-8H,1H3. The molecular weight excluding hydrogens is 180 g/mol. The normalized spacial score (nSPS) is 14.2. The van der Waals surface area contributed by atoms with Crippen molar-refractivity contribution in [1.82, 2.24) is 0 Å². The Labute approximate surface area is 54.5 Å². The first-order chi connectivity index (χ1) is 3.25. The van der Waals surface area contributed by atoms with Crippen LogP contribution in [0.4, 0.5) is 0 Å². The van der Waals surface area contributed by atoms with Crippen molar-refractivity contribution in [2.75, 3.05) is 0 Å². The van der Waals surface area contributed by atoms with Crippen molar-refractivity contribution in [3.8, 4) is 0 Å². The Kier molecular flexibility index (Phi) is 2.00. The quantitative estimate of drug-likeness (QED) is 0.304. The molecule has 4 nitrogen and oxygen atoms in total. The van der Waals surface area contributed by atoms with E-state index in [2.05, 4.69) is 15.9 Å². The molecule has 0 aromatic rings. The number of alkyl halides is 1. The summed E-state index contributed by atoms with van der Waals surface area (Å²) in [6, 6.07) is 0. The van der Waals surface area contributed by atoms with Crippen LogP contribution < -0.4 is 0 Å². The van der Waals surface area contributed by atoms with E-state index in [1.54, 1.807) is 0 Å². The van der Waals surface area contributed by atoms with E-state index >= 15 is 0 Å². The predicted molar refractivity (Wildman–Crippen MR) is 28.9 cm³/mol. The molecule has 4 N–H and O–H groups in total. The van der Waals surface area contributed by atoms with Crippen LogP contribution in [0.5, 0.6) is 0 Å². The molecule has 0 aromatic carbocycles. The van der Waals surface area contributed by atoms with E-state index in [-0.39, 0.29) is 0 Å². The van der Waals surface area contributed by atoms with Gasteiger partial charge in [0.2, 0.25) is 5.79 Å². The summed E-state index contributed by atoms with van der Waals surface area (Å²) < 4.78 is -2.64. The van der Waals surface area contributed by atoms with Crippen molar-refractivity contribution in [3.05, 3.63) is 0 Å². The molecule has 0 unspecified atom stereocenters. The van der Waals surface area contributed by atoms with E-state index in [4.69, 9.17) is 20.4 Å². The fourth-order valence-corrected chi connectivity index (χ4v) is 0. The first-order valence-electron chi connectivity index (χ1n) is 1.83. The molecular formula is C3H7BrO4. The van der Waals surface area contributed by atoms with Crippen LogP contribution >= 0.6 is 15.9 Å². The maximum Gasteiger partial charge on any atom is 0.277 e. The van der Waals surface area contributed by atoms with Gasteiger partial charge in [0.05, 0.1) is 0 Å². The Balaban J connectivity index is 4.02. The van der Waals surface area contributed by atoms with Crippen molar-refractivity contribution < 1.29 is 20.4 Å². The minimum absolute atomic E-state index is 0.835. The first-order valence-corrected chi connectivity index (χ1v) is 2.63. The van der Waals surface area contributed by atoms with Crippen molar-refractivity contribution in [2.45, 2.75) is 17.4 Å². The zero-order valence-electron chi connectivity index (χ0n) is 4.17. The lowest BCUT2D eigenvalue weighted by molar-refractivity contribution is -0.295. The molecule has 0 fully saturated rings. The summed E-state index contributed by atoms with van der Waals surface area (Å²) in [5.41, 5.74) is 0. The minimum atomic E-state index is -2.64. The van der Waals surface area contributed by atoms with Gasteiger partial charge in [-0.1, -0.05) is 0 Å². The van der Waals surface area contributed by atoms with E-state index in [0.29, 0.717) is 0 Å². The van der Waals surface area contributed by atoms with Crippen LogP contribution in [-0.2, 0) is 0 Å². The molecule has 8 heavy (non-hydrogen) atoms. The summed E-state index contributed by atoms with van der Waals surface area (Å²) in [6.45, 7) is 0.835. The second-order valence-electron chi connectivity index (χ2n) is 1.61. The van der Waals surface area contributed by atoms with Crippen molar-refractivity contribution >= 4 is 15.9 Å². The van der Waals surface area contributed by atoms with E-state index in [9.17, 15) is 0 Å². The number of hydrogen-bond acceptors (Lipinski definition) is 4. The Morgan fingerprint density at radius 3 is 1.25 bits per heavy atom. The van der Waals surface area contributed by atoms with Gasteiger partial charge in [0, 0.05) is 0 Å². The van der Waals surface area contributed by atoms with Crippen LogP contribution in [0.1, 0.15) is 6.92 Å². The summed E-state index contributed by atoms with van der Waals surface area (Å²) in [5, 5.41) is 33.4. The lowest BCUT2D eigenvalue weighted by Crippen LogP contribution is -2.47. The third kappa shape index (κ3) is 2.06. The Morgan fingerprint density at radius 1 is 1.12 bits per heavy atom. The topological polar surface area (TPSA) is 80.9 Å². The molecule has 50 valence electrons. The molecule has 0 radical (unpaired) electrons. The average molecular weight is 187 g/mol. The van der Waals surface area contributed by atoms with Gasteiger partial charge in [-0.05, 0) is 22.9 Å². The fourth-order valence-electron chi connectivity index (χ4n) is 0. The molecule has 0 aliphatic carbocycles. The molecule has 0 heterocycles. The third-order valence-corrected chi connectivity index (χ3v) is 1.35. The molecule has 0 spiro atoms.